The first-order valence-electron chi connectivity index (χ1n) is 13.7. The van der Waals surface area contributed by atoms with Gasteiger partial charge < -0.3 is 24.2 Å². The molecule has 5 rings (SSSR count). The van der Waals surface area contributed by atoms with Crippen molar-refractivity contribution in [3.63, 3.8) is 0 Å². The Morgan fingerprint density at radius 1 is 1.08 bits per heavy atom. The van der Waals surface area contributed by atoms with Crippen molar-refractivity contribution in [2.24, 2.45) is 17.3 Å². The van der Waals surface area contributed by atoms with E-state index in [4.69, 9.17) is 32.7 Å². The zero-order valence-electron chi connectivity index (χ0n) is 22.2. The molecule has 1 aromatic carbocycles. The summed E-state index contributed by atoms with van der Waals surface area (Å²) in [6, 6.07) is 5.23. The van der Waals surface area contributed by atoms with Crippen LogP contribution < -0.4 is 0 Å². The third-order valence-electron chi connectivity index (χ3n) is 8.87. The Labute approximate surface area is 234 Å². The average Bonchev–Trinajstić information content (AvgIpc) is 3.30. The van der Waals surface area contributed by atoms with Crippen LogP contribution in [0, 0.1) is 17.3 Å². The van der Waals surface area contributed by atoms with Crippen molar-refractivity contribution < 1.29 is 23.9 Å². The number of carbonyl (C=O) groups excluding carboxylic acids is 3. The number of halogens is 2. The van der Waals surface area contributed by atoms with E-state index >= 15 is 0 Å². The molecule has 38 heavy (non-hydrogen) atoms. The molecule has 0 unspecified atom stereocenters. The summed E-state index contributed by atoms with van der Waals surface area (Å²) in [5.41, 5.74) is 0.748. The van der Waals surface area contributed by atoms with Gasteiger partial charge in [-0.15, -0.1) is 0 Å². The maximum absolute atomic E-state index is 13.6. The van der Waals surface area contributed by atoms with Gasteiger partial charge >= 0.3 is 6.09 Å². The van der Waals surface area contributed by atoms with Crippen LogP contribution in [0.25, 0.3) is 0 Å². The van der Waals surface area contributed by atoms with Crippen LogP contribution in [0.4, 0.5) is 4.79 Å². The van der Waals surface area contributed by atoms with Crippen LogP contribution in [0.3, 0.4) is 0 Å². The molecule has 4 fully saturated rings. The number of hydrogen-bond acceptors (Lipinski definition) is 5. The molecule has 3 aliphatic heterocycles. The van der Waals surface area contributed by atoms with Gasteiger partial charge in [-0.2, -0.15) is 0 Å². The van der Waals surface area contributed by atoms with Crippen LogP contribution >= 0.6 is 23.2 Å². The largest absolute Gasteiger partial charge is 0.449 e. The van der Waals surface area contributed by atoms with E-state index < -0.39 is 6.09 Å². The van der Waals surface area contributed by atoms with E-state index in [-0.39, 0.29) is 41.0 Å². The predicted molar refractivity (Wildman–Crippen MR) is 144 cm³/mol. The van der Waals surface area contributed by atoms with Crippen LogP contribution in [-0.2, 0) is 19.1 Å². The number of hydrogen-bond donors (Lipinski definition) is 0. The Morgan fingerprint density at radius 3 is 2.45 bits per heavy atom. The molecule has 1 aromatic rings. The van der Waals surface area contributed by atoms with E-state index in [0.717, 1.165) is 24.8 Å². The van der Waals surface area contributed by atoms with E-state index in [1.54, 1.807) is 18.0 Å². The Bertz CT molecular complexity index is 1070. The standard InChI is InChI=1S/C28H37Cl2N3O5/c1-28(8-9-28)26(35)32-10-5-19(6-11-32)25(34)33-14-21(20-3-4-22(29)23(30)13-20)24(15-33)31(2)27(36)38-17-18-7-12-37-16-18/h3-4,13,18-19,21,24H,5-12,14-17H2,1-2H3/t18-,21-,24+/m1/s1. The molecular weight excluding hydrogens is 529 g/mol. The summed E-state index contributed by atoms with van der Waals surface area (Å²) in [5.74, 6) is 0.289. The molecule has 0 radical (unpaired) electrons. The van der Waals surface area contributed by atoms with Crippen LogP contribution in [0.15, 0.2) is 18.2 Å². The maximum atomic E-state index is 13.6. The van der Waals surface area contributed by atoms with Gasteiger partial charge in [-0.25, -0.2) is 4.79 Å². The quantitative estimate of drug-likeness (QED) is 0.509. The van der Waals surface area contributed by atoms with Crippen LogP contribution in [0.2, 0.25) is 10.0 Å². The molecule has 0 aromatic heterocycles. The first kappa shape index (κ1) is 27.5. The molecule has 10 heteroatoms. The van der Waals surface area contributed by atoms with Gasteiger partial charge in [0.2, 0.25) is 11.8 Å². The molecule has 3 amide bonds. The normalized spacial score (nSPS) is 26.9. The van der Waals surface area contributed by atoms with Crippen molar-refractivity contribution in [2.45, 2.75) is 51.0 Å². The monoisotopic (exact) mass is 565 g/mol. The lowest BCUT2D eigenvalue weighted by Crippen LogP contribution is -2.46. The lowest BCUT2D eigenvalue weighted by Gasteiger charge is -2.34. The van der Waals surface area contributed by atoms with Crippen molar-refractivity contribution in [1.82, 2.24) is 14.7 Å². The Balaban J connectivity index is 1.26. The number of likely N-dealkylation sites (tertiary alicyclic amines) is 2. The highest BCUT2D eigenvalue weighted by molar-refractivity contribution is 6.42. The predicted octanol–water partition coefficient (Wildman–Crippen LogP) is 4.43. The minimum absolute atomic E-state index is 0.0900. The third-order valence-corrected chi connectivity index (χ3v) is 9.61. The second kappa shape index (κ2) is 11.2. The molecule has 1 aliphatic carbocycles. The molecule has 8 nitrogen and oxygen atoms in total. The van der Waals surface area contributed by atoms with Gasteiger partial charge in [0.25, 0.3) is 0 Å². The van der Waals surface area contributed by atoms with E-state index in [1.165, 1.54) is 0 Å². The molecule has 3 heterocycles. The summed E-state index contributed by atoms with van der Waals surface area (Å²) in [6.45, 7) is 5.80. The number of benzene rings is 1. The van der Waals surface area contributed by atoms with Crippen molar-refractivity contribution in [3.8, 4) is 0 Å². The minimum atomic E-state index is -0.401. The topological polar surface area (TPSA) is 79.4 Å². The zero-order valence-corrected chi connectivity index (χ0v) is 23.7. The number of nitrogens with zero attached hydrogens (tertiary/aromatic N) is 3. The summed E-state index contributed by atoms with van der Waals surface area (Å²) in [5, 5.41) is 0.909. The number of rotatable bonds is 6. The fourth-order valence-electron chi connectivity index (χ4n) is 5.94. The van der Waals surface area contributed by atoms with E-state index in [9.17, 15) is 14.4 Å². The number of ether oxygens (including phenoxy) is 2. The van der Waals surface area contributed by atoms with Gasteiger partial charge in [0.15, 0.2) is 0 Å². The second-order valence-corrected chi connectivity index (χ2v) is 12.4. The summed E-state index contributed by atoms with van der Waals surface area (Å²) >= 11 is 12.5. The number of amides is 3. The SMILES string of the molecule is CN(C(=O)OC[C@@H]1CCOC1)[C@H]1CN(C(=O)C2CCN(C(=O)C3(C)CC3)CC2)C[C@@H]1c1ccc(Cl)c(Cl)c1. The van der Waals surface area contributed by atoms with Gasteiger partial charge in [0.05, 0.1) is 29.3 Å². The van der Waals surface area contributed by atoms with E-state index in [1.807, 2.05) is 28.9 Å². The molecule has 3 saturated heterocycles. The number of piperidine rings is 1. The van der Waals surface area contributed by atoms with Gasteiger partial charge in [0.1, 0.15) is 0 Å². The molecular formula is C28H37Cl2N3O5. The van der Waals surface area contributed by atoms with Gasteiger partial charge in [-0.3, -0.25) is 9.59 Å². The minimum Gasteiger partial charge on any atom is -0.449 e. The smallest absolute Gasteiger partial charge is 0.409 e. The Hall–Kier alpha value is -2.03. The molecule has 208 valence electrons. The van der Waals surface area contributed by atoms with Crippen LogP contribution in [0.1, 0.15) is 50.5 Å². The molecule has 0 spiro atoms. The van der Waals surface area contributed by atoms with Gasteiger partial charge in [-0.1, -0.05) is 36.2 Å². The summed E-state index contributed by atoms with van der Waals surface area (Å²) in [4.78, 5) is 44.8. The zero-order chi connectivity index (χ0) is 27.0. The highest BCUT2D eigenvalue weighted by atomic mass is 35.5. The summed E-state index contributed by atoms with van der Waals surface area (Å²) < 4.78 is 11.0. The molecule has 0 bridgehead atoms. The first-order chi connectivity index (χ1) is 18.2. The van der Waals surface area contributed by atoms with E-state index in [2.05, 4.69) is 0 Å². The fourth-order valence-corrected chi connectivity index (χ4v) is 6.25. The molecule has 1 saturated carbocycles. The lowest BCUT2D eigenvalue weighted by molar-refractivity contribution is -0.142. The van der Waals surface area contributed by atoms with Gasteiger partial charge in [-0.05, 0) is 49.8 Å². The van der Waals surface area contributed by atoms with Crippen LogP contribution in [-0.4, -0.2) is 91.7 Å². The first-order valence-corrected chi connectivity index (χ1v) is 14.4. The lowest BCUT2D eigenvalue weighted by atomic mass is 9.93. The third kappa shape index (κ3) is 5.77. The Kier molecular flexibility index (Phi) is 8.13. The molecule has 4 aliphatic rings. The summed E-state index contributed by atoms with van der Waals surface area (Å²) in [6.07, 6.45) is 3.74. The highest BCUT2D eigenvalue weighted by Crippen LogP contribution is 2.47. The fraction of sp³-hybridized carbons (Fsp3) is 0.679. The number of likely N-dealkylation sites (N-methyl/N-ethyl adjacent to an activating group) is 1. The van der Waals surface area contributed by atoms with E-state index in [0.29, 0.717) is 68.9 Å². The van der Waals surface area contributed by atoms with Crippen molar-refractivity contribution in [3.05, 3.63) is 33.8 Å². The van der Waals surface area contributed by atoms with Crippen LogP contribution in [0.5, 0.6) is 0 Å². The molecule has 3 atom stereocenters. The molecule has 0 N–H and O–H groups in total. The average molecular weight is 567 g/mol. The van der Waals surface area contributed by atoms with Gasteiger partial charge in [0, 0.05) is 63.0 Å². The van der Waals surface area contributed by atoms with Crippen molar-refractivity contribution >= 4 is 41.1 Å². The second-order valence-electron chi connectivity index (χ2n) is 11.6. The number of carbonyl (C=O) groups is 3. The summed E-state index contributed by atoms with van der Waals surface area (Å²) in [7, 11) is 1.74. The Morgan fingerprint density at radius 2 is 1.82 bits per heavy atom. The maximum Gasteiger partial charge on any atom is 0.409 e. The van der Waals surface area contributed by atoms with Crippen molar-refractivity contribution in [1.29, 1.82) is 0 Å². The van der Waals surface area contributed by atoms with Crippen molar-refractivity contribution in [2.75, 3.05) is 53.0 Å². The highest BCUT2D eigenvalue weighted by Gasteiger charge is 2.48.